The van der Waals surface area contributed by atoms with Gasteiger partial charge in [-0.2, -0.15) is 0 Å². The highest BCUT2D eigenvalue weighted by atomic mass is 35.5. The highest BCUT2D eigenvalue weighted by Gasteiger charge is 2.21. The Hall–Kier alpha value is -2.93. The number of anilines is 2. The molecule has 30 heavy (non-hydrogen) atoms. The summed E-state index contributed by atoms with van der Waals surface area (Å²) in [6, 6.07) is 12.9. The third-order valence-electron chi connectivity index (χ3n) is 5.05. The minimum Gasteiger partial charge on any atom is -0.506 e. The zero-order valence-electron chi connectivity index (χ0n) is 17.4. The quantitative estimate of drug-likeness (QED) is 0.502. The van der Waals surface area contributed by atoms with Gasteiger partial charge in [-0.1, -0.05) is 29.8 Å². The Morgan fingerprint density at radius 2 is 1.90 bits per heavy atom. The lowest BCUT2D eigenvalue weighted by Crippen LogP contribution is -2.52. The Balaban J connectivity index is 1.45. The fourth-order valence-electron chi connectivity index (χ4n) is 3.45. The van der Waals surface area contributed by atoms with E-state index in [1.807, 2.05) is 43.3 Å². The van der Waals surface area contributed by atoms with Crippen LogP contribution in [0.4, 0.5) is 11.4 Å². The number of aryl methyl sites for hydroxylation is 1. The molecule has 0 spiro atoms. The van der Waals surface area contributed by atoms with Gasteiger partial charge in [0.15, 0.2) is 5.96 Å². The van der Waals surface area contributed by atoms with E-state index < -0.39 is 0 Å². The predicted molar refractivity (Wildman–Crippen MR) is 123 cm³/mol. The van der Waals surface area contributed by atoms with Crippen LogP contribution in [0.3, 0.4) is 0 Å². The zero-order chi connectivity index (χ0) is 21.5. The van der Waals surface area contributed by atoms with E-state index in [2.05, 4.69) is 25.4 Å². The van der Waals surface area contributed by atoms with E-state index in [0.29, 0.717) is 29.4 Å². The van der Waals surface area contributed by atoms with Crippen LogP contribution in [0.2, 0.25) is 5.02 Å². The highest BCUT2D eigenvalue weighted by Crippen LogP contribution is 2.27. The molecule has 0 aliphatic carbocycles. The van der Waals surface area contributed by atoms with E-state index in [4.69, 9.17) is 11.6 Å². The largest absolute Gasteiger partial charge is 0.506 e. The maximum Gasteiger partial charge on any atom is 0.226 e. The van der Waals surface area contributed by atoms with Crippen LogP contribution in [-0.4, -0.2) is 61.6 Å². The van der Waals surface area contributed by atoms with Crippen molar-refractivity contribution < 1.29 is 9.90 Å². The minimum atomic E-state index is -0.104. The smallest absolute Gasteiger partial charge is 0.226 e. The number of nitrogens with zero attached hydrogens (tertiary/aromatic N) is 3. The van der Waals surface area contributed by atoms with E-state index in [-0.39, 0.29) is 5.91 Å². The van der Waals surface area contributed by atoms with Crippen molar-refractivity contribution in [3.05, 3.63) is 53.1 Å². The molecule has 160 valence electrons. The number of carbonyl (C=O) groups is 1. The van der Waals surface area contributed by atoms with E-state index in [1.165, 1.54) is 0 Å². The first-order valence-corrected chi connectivity index (χ1v) is 10.4. The van der Waals surface area contributed by atoms with Gasteiger partial charge in [-0.25, -0.2) is 0 Å². The number of phenolic OH excluding ortho intramolecular Hbond substituents is 1. The number of nitrogens with one attached hydrogen (secondary N) is 2. The summed E-state index contributed by atoms with van der Waals surface area (Å²) in [5.41, 5.74) is 2.52. The van der Waals surface area contributed by atoms with Crippen molar-refractivity contribution in [1.29, 1.82) is 0 Å². The van der Waals surface area contributed by atoms with Gasteiger partial charge < -0.3 is 25.5 Å². The molecule has 1 saturated heterocycles. The van der Waals surface area contributed by atoms with Gasteiger partial charge in [0, 0.05) is 46.2 Å². The van der Waals surface area contributed by atoms with Gasteiger partial charge in [-0.15, -0.1) is 0 Å². The summed E-state index contributed by atoms with van der Waals surface area (Å²) in [5, 5.41) is 16.7. The van der Waals surface area contributed by atoms with Crippen LogP contribution in [0.1, 0.15) is 12.0 Å². The lowest BCUT2D eigenvalue weighted by molar-refractivity contribution is -0.116. The van der Waals surface area contributed by atoms with Crippen LogP contribution in [0.25, 0.3) is 0 Å². The van der Waals surface area contributed by atoms with Crippen LogP contribution in [0.15, 0.2) is 47.5 Å². The lowest BCUT2D eigenvalue weighted by atomic mass is 10.2. The molecule has 3 rings (SSSR count). The summed E-state index contributed by atoms with van der Waals surface area (Å²) in [4.78, 5) is 20.9. The van der Waals surface area contributed by atoms with Crippen molar-refractivity contribution in [1.82, 2.24) is 10.2 Å². The second kappa shape index (κ2) is 10.2. The third-order valence-corrected chi connectivity index (χ3v) is 5.36. The second-order valence-electron chi connectivity index (χ2n) is 7.22. The van der Waals surface area contributed by atoms with Crippen LogP contribution in [-0.2, 0) is 4.79 Å². The maximum absolute atomic E-state index is 12.2. The molecule has 1 fully saturated rings. The normalized spacial score (nSPS) is 14.6. The van der Waals surface area contributed by atoms with E-state index in [0.717, 1.165) is 43.4 Å². The van der Waals surface area contributed by atoms with E-state index in [9.17, 15) is 9.90 Å². The molecule has 1 amide bonds. The van der Waals surface area contributed by atoms with Crippen LogP contribution < -0.4 is 15.5 Å². The van der Waals surface area contributed by atoms with Crippen molar-refractivity contribution in [3.8, 4) is 5.75 Å². The molecule has 0 aromatic heterocycles. The number of aromatic hydroxyl groups is 1. The first-order chi connectivity index (χ1) is 14.5. The van der Waals surface area contributed by atoms with Gasteiger partial charge in [-0.05, 0) is 36.8 Å². The van der Waals surface area contributed by atoms with Crippen molar-refractivity contribution >= 4 is 34.8 Å². The molecule has 3 N–H and O–H groups in total. The third kappa shape index (κ3) is 5.57. The van der Waals surface area contributed by atoms with Crippen LogP contribution in [0, 0.1) is 6.92 Å². The Labute approximate surface area is 182 Å². The average molecular weight is 430 g/mol. The van der Waals surface area contributed by atoms with Crippen molar-refractivity contribution in [2.45, 2.75) is 13.3 Å². The number of guanidine groups is 1. The molecule has 0 atom stereocenters. The Kier molecular flexibility index (Phi) is 7.41. The molecule has 0 unspecified atom stereocenters. The van der Waals surface area contributed by atoms with Crippen molar-refractivity contribution in [3.63, 3.8) is 0 Å². The molecule has 1 aliphatic heterocycles. The van der Waals surface area contributed by atoms with Gasteiger partial charge in [0.2, 0.25) is 5.91 Å². The topological polar surface area (TPSA) is 80.2 Å². The molecule has 8 heteroatoms. The summed E-state index contributed by atoms with van der Waals surface area (Å²) >= 11 is 6.17. The molecular weight excluding hydrogens is 402 g/mol. The SMILES string of the molecule is CN=C(NCCC(=O)Nc1ccc(C)cc1Cl)N1CCN(c2ccccc2O)CC1. The molecule has 2 aromatic rings. The molecule has 0 saturated carbocycles. The summed E-state index contributed by atoms with van der Waals surface area (Å²) in [6.07, 6.45) is 0.307. The molecule has 7 nitrogen and oxygen atoms in total. The fourth-order valence-corrected chi connectivity index (χ4v) is 3.73. The number of para-hydroxylation sites is 2. The summed E-state index contributed by atoms with van der Waals surface area (Å²) in [5.74, 6) is 0.967. The summed E-state index contributed by atoms with van der Waals surface area (Å²) in [7, 11) is 1.74. The molecule has 0 radical (unpaired) electrons. The molecule has 2 aromatic carbocycles. The Bertz CT molecular complexity index is 910. The highest BCUT2D eigenvalue weighted by molar-refractivity contribution is 6.33. The Morgan fingerprint density at radius 3 is 2.57 bits per heavy atom. The Morgan fingerprint density at radius 1 is 1.17 bits per heavy atom. The number of carbonyl (C=O) groups excluding carboxylic acids is 1. The molecule has 1 heterocycles. The number of hydrogen-bond acceptors (Lipinski definition) is 4. The van der Waals surface area contributed by atoms with Crippen molar-refractivity contribution in [2.75, 3.05) is 50.0 Å². The lowest BCUT2D eigenvalue weighted by Gasteiger charge is -2.37. The molecular formula is C22H28ClN5O2. The first-order valence-electron chi connectivity index (χ1n) is 10.0. The van der Waals surface area contributed by atoms with E-state index in [1.54, 1.807) is 13.1 Å². The van der Waals surface area contributed by atoms with Crippen LogP contribution in [0.5, 0.6) is 5.75 Å². The summed E-state index contributed by atoms with van der Waals surface area (Å²) in [6.45, 7) is 5.55. The number of aliphatic imine (C=N–C) groups is 1. The zero-order valence-corrected chi connectivity index (χ0v) is 18.1. The molecule has 1 aliphatic rings. The van der Waals surface area contributed by atoms with Gasteiger partial charge in [0.25, 0.3) is 0 Å². The number of halogens is 1. The second-order valence-corrected chi connectivity index (χ2v) is 7.63. The standard InChI is InChI=1S/C22H28ClN5O2/c1-16-7-8-18(17(23)15-16)26-21(30)9-10-25-22(24-2)28-13-11-27(12-14-28)19-5-3-4-6-20(19)29/h3-8,15,29H,9-14H2,1-2H3,(H,24,25)(H,26,30). The van der Waals surface area contributed by atoms with Gasteiger partial charge in [-0.3, -0.25) is 9.79 Å². The number of piperazine rings is 1. The van der Waals surface area contributed by atoms with E-state index >= 15 is 0 Å². The fraction of sp³-hybridized carbons (Fsp3) is 0.364. The average Bonchev–Trinajstić information content (AvgIpc) is 2.74. The van der Waals surface area contributed by atoms with Crippen LogP contribution >= 0.6 is 11.6 Å². The number of rotatable bonds is 5. The maximum atomic E-state index is 12.2. The number of benzene rings is 2. The minimum absolute atomic E-state index is 0.104. The summed E-state index contributed by atoms with van der Waals surface area (Å²) < 4.78 is 0. The number of phenols is 1. The van der Waals surface area contributed by atoms with Crippen molar-refractivity contribution in [2.24, 2.45) is 4.99 Å². The van der Waals surface area contributed by atoms with Gasteiger partial charge >= 0.3 is 0 Å². The van der Waals surface area contributed by atoms with Gasteiger partial charge in [0.05, 0.1) is 16.4 Å². The number of amides is 1. The van der Waals surface area contributed by atoms with Gasteiger partial charge in [0.1, 0.15) is 5.75 Å². The number of hydrogen-bond donors (Lipinski definition) is 3. The first kappa shape index (κ1) is 21.8. The predicted octanol–water partition coefficient (Wildman–Crippen LogP) is 3.08. The molecule has 0 bridgehead atoms. The monoisotopic (exact) mass is 429 g/mol.